The maximum Gasteiger partial charge on any atom is 0.273 e. The van der Waals surface area contributed by atoms with Gasteiger partial charge in [-0.25, -0.2) is 9.97 Å². The Balaban J connectivity index is 1.39. The highest BCUT2D eigenvalue weighted by molar-refractivity contribution is 6.32. The Morgan fingerprint density at radius 2 is 1.95 bits per heavy atom. The Bertz CT molecular complexity index is 1240. The predicted octanol–water partition coefficient (Wildman–Crippen LogP) is 2.14. The van der Waals surface area contributed by atoms with Crippen LogP contribution in [0.5, 0.6) is 0 Å². The number of hydrogen-bond donors (Lipinski definition) is 5. The van der Waals surface area contributed by atoms with Gasteiger partial charge in [0.2, 0.25) is 0 Å². The second kappa shape index (κ2) is 14.3. The van der Waals surface area contributed by atoms with Gasteiger partial charge in [0.15, 0.2) is 28.3 Å². The Hall–Kier alpha value is -2.90. The summed E-state index contributed by atoms with van der Waals surface area (Å²) in [7, 11) is 0. The molecule has 2 saturated heterocycles. The molecule has 7 N–H and O–H groups in total. The van der Waals surface area contributed by atoms with Gasteiger partial charge in [-0.1, -0.05) is 47.8 Å². The van der Waals surface area contributed by atoms with Crippen molar-refractivity contribution in [1.29, 1.82) is 0 Å². The molecular weight excluding hydrogens is 569 g/mol. The smallest absolute Gasteiger partial charge is 0.273 e. The summed E-state index contributed by atoms with van der Waals surface area (Å²) in [6.07, 6.45) is 4.16. The molecule has 224 valence electrons. The normalized spacial score (nSPS) is 19.5. The maximum atomic E-state index is 12.3. The molecule has 4 rings (SSSR count). The summed E-state index contributed by atoms with van der Waals surface area (Å²) >= 11 is 12.6. The molecule has 2 aromatic rings. The molecule has 1 amide bonds. The molecule has 0 unspecified atom stereocenters. The number of likely N-dealkylation sites (tertiary alicyclic amines) is 1. The van der Waals surface area contributed by atoms with Crippen molar-refractivity contribution in [3.8, 4) is 0 Å². The lowest BCUT2D eigenvalue weighted by Crippen LogP contribution is -2.58. The van der Waals surface area contributed by atoms with Crippen molar-refractivity contribution in [3.05, 3.63) is 45.2 Å². The Kier molecular flexibility index (Phi) is 10.8. The van der Waals surface area contributed by atoms with E-state index in [1.807, 2.05) is 12.1 Å². The monoisotopic (exact) mass is 607 g/mol. The SMILES string of the molecule is CCC[C@H]1CN(c2nc(N)c(C(=O)NCCO)nc2Cl)CCN1C1CCN(Cc2ccc(Cl)cc2/C(N)=N\O)CC1. The lowest BCUT2D eigenvalue weighted by Gasteiger charge is -2.48. The number of aliphatic hydroxyl groups excluding tert-OH is 1. The molecule has 0 aliphatic carbocycles. The number of rotatable bonds is 10. The van der Waals surface area contributed by atoms with E-state index in [0.29, 0.717) is 35.0 Å². The van der Waals surface area contributed by atoms with Crippen molar-refractivity contribution in [1.82, 2.24) is 25.1 Å². The van der Waals surface area contributed by atoms with Crippen LogP contribution in [0.2, 0.25) is 10.2 Å². The van der Waals surface area contributed by atoms with Gasteiger partial charge in [-0.2, -0.15) is 0 Å². The van der Waals surface area contributed by atoms with E-state index in [0.717, 1.165) is 64.0 Å². The summed E-state index contributed by atoms with van der Waals surface area (Å²) in [5, 5.41) is 24.5. The van der Waals surface area contributed by atoms with E-state index in [1.54, 1.807) is 6.07 Å². The summed E-state index contributed by atoms with van der Waals surface area (Å²) in [6.45, 7) is 7.00. The minimum absolute atomic E-state index is 0.0116. The summed E-state index contributed by atoms with van der Waals surface area (Å²) in [5.74, 6) is 0.0408. The van der Waals surface area contributed by atoms with Crippen molar-refractivity contribution < 1.29 is 15.1 Å². The van der Waals surface area contributed by atoms with E-state index in [9.17, 15) is 10.0 Å². The van der Waals surface area contributed by atoms with Gasteiger partial charge < -0.3 is 32.0 Å². The van der Waals surface area contributed by atoms with Crippen LogP contribution in [-0.2, 0) is 6.54 Å². The first-order valence-corrected chi connectivity index (χ1v) is 14.7. The van der Waals surface area contributed by atoms with E-state index >= 15 is 0 Å². The van der Waals surface area contributed by atoms with Crippen LogP contribution in [0.1, 0.15) is 54.2 Å². The van der Waals surface area contributed by atoms with Gasteiger partial charge in [0.25, 0.3) is 5.91 Å². The lowest BCUT2D eigenvalue weighted by atomic mass is 9.96. The van der Waals surface area contributed by atoms with Gasteiger partial charge >= 0.3 is 0 Å². The molecule has 1 aromatic heterocycles. The summed E-state index contributed by atoms with van der Waals surface area (Å²) in [4.78, 5) is 28.1. The average molecular weight is 609 g/mol. The number of benzene rings is 1. The number of aromatic nitrogens is 2. The molecule has 0 bridgehead atoms. The fraction of sp³-hybridized carbons (Fsp3) is 0.556. The summed E-state index contributed by atoms with van der Waals surface area (Å²) < 4.78 is 0. The average Bonchev–Trinajstić information content (AvgIpc) is 2.98. The van der Waals surface area contributed by atoms with Crippen LogP contribution in [0.15, 0.2) is 23.4 Å². The largest absolute Gasteiger partial charge is 0.409 e. The number of halogens is 2. The van der Waals surface area contributed by atoms with E-state index in [-0.39, 0.29) is 35.7 Å². The van der Waals surface area contributed by atoms with Crippen LogP contribution < -0.4 is 21.7 Å². The van der Waals surface area contributed by atoms with Crippen LogP contribution in [0.25, 0.3) is 0 Å². The minimum Gasteiger partial charge on any atom is -0.409 e. The highest BCUT2D eigenvalue weighted by atomic mass is 35.5. The lowest BCUT2D eigenvalue weighted by molar-refractivity contribution is 0.0589. The third kappa shape index (κ3) is 7.49. The van der Waals surface area contributed by atoms with Crippen molar-refractivity contribution in [2.24, 2.45) is 10.9 Å². The number of piperazine rings is 1. The van der Waals surface area contributed by atoms with Crippen molar-refractivity contribution in [2.75, 3.05) is 56.5 Å². The highest BCUT2D eigenvalue weighted by Crippen LogP contribution is 2.30. The number of nitrogens with zero attached hydrogens (tertiary/aromatic N) is 6. The molecule has 1 aromatic carbocycles. The predicted molar refractivity (Wildman–Crippen MR) is 161 cm³/mol. The zero-order chi connectivity index (χ0) is 29.5. The van der Waals surface area contributed by atoms with Crippen LogP contribution in [-0.4, -0.2) is 99.8 Å². The zero-order valence-electron chi connectivity index (χ0n) is 23.3. The highest BCUT2D eigenvalue weighted by Gasteiger charge is 2.35. The van der Waals surface area contributed by atoms with Crippen LogP contribution in [0, 0.1) is 0 Å². The van der Waals surface area contributed by atoms with Crippen molar-refractivity contribution in [3.63, 3.8) is 0 Å². The minimum atomic E-state index is -0.519. The van der Waals surface area contributed by atoms with E-state index in [4.69, 9.17) is 39.8 Å². The van der Waals surface area contributed by atoms with E-state index in [2.05, 4.69) is 42.1 Å². The molecule has 12 nitrogen and oxygen atoms in total. The third-order valence-electron chi connectivity index (χ3n) is 7.80. The number of piperidine rings is 1. The molecule has 2 fully saturated rings. The van der Waals surface area contributed by atoms with Crippen LogP contribution in [0.3, 0.4) is 0 Å². The van der Waals surface area contributed by atoms with E-state index < -0.39 is 5.91 Å². The van der Waals surface area contributed by atoms with Gasteiger partial charge in [0, 0.05) is 55.4 Å². The Labute approximate surface area is 250 Å². The molecule has 2 aliphatic rings. The standard InChI is InChI=1S/C27H39Cl2N9O3/c1-2-3-20-16-37(26-23(29)33-22(25(31)34-26)27(40)32-8-13-39)11-12-38(20)19-6-9-36(10-7-19)15-17-4-5-18(28)14-21(17)24(30)35-41/h4-5,14,19-20,39,41H,2-3,6-13,15-16H2,1H3,(H2,30,35)(H2,31,34)(H,32,40)/t20-/m0/s1. The van der Waals surface area contributed by atoms with Gasteiger partial charge in [-0.05, 0) is 50.0 Å². The van der Waals surface area contributed by atoms with E-state index in [1.165, 1.54) is 0 Å². The summed E-state index contributed by atoms with van der Waals surface area (Å²) in [5.41, 5.74) is 13.6. The number of amidine groups is 1. The first-order valence-electron chi connectivity index (χ1n) is 14.0. The molecule has 0 spiro atoms. The second-order valence-electron chi connectivity index (χ2n) is 10.5. The number of nitrogens with one attached hydrogen (secondary N) is 1. The van der Waals surface area contributed by atoms with Gasteiger partial charge in [-0.15, -0.1) is 0 Å². The van der Waals surface area contributed by atoms with Gasteiger partial charge in [-0.3, -0.25) is 14.6 Å². The number of hydrogen-bond acceptors (Lipinski definition) is 10. The van der Waals surface area contributed by atoms with Crippen molar-refractivity contribution >= 4 is 46.6 Å². The molecule has 0 saturated carbocycles. The topological polar surface area (TPSA) is 169 Å². The second-order valence-corrected chi connectivity index (χ2v) is 11.3. The number of carbonyl (C=O) groups excluding carboxylic acids is 1. The molecular formula is C27H39Cl2N9O3. The third-order valence-corrected chi connectivity index (χ3v) is 8.29. The van der Waals surface area contributed by atoms with Crippen LogP contribution >= 0.6 is 23.2 Å². The van der Waals surface area contributed by atoms with Gasteiger partial charge in [0.1, 0.15) is 0 Å². The Morgan fingerprint density at radius 1 is 1.20 bits per heavy atom. The molecule has 1 atom stereocenters. The first-order chi connectivity index (χ1) is 19.7. The van der Waals surface area contributed by atoms with Gasteiger partial charge in [0.05, 0.1) is 6.61 Å². The van der Waals surface area contributed by atoms with Crippen molar-refractivity contribution in [2.45, 2.75) is 51.2 Å². The summed E-state index contributed by atoms with van der Waals surface area (Å²) in [6, 6.07) is 6.28. The molecule has 3 heterocycles. The number of nitrogens with two attached hydrogens (primary N) is 2. The molecule has 0 radical (unpaired) electrons. The number of anilines is 2. The van der Waals surface area contributed by atoms with Crippen LogP contribution in [0.4, 0.5) is 11.6 Å². The fourth-order valence-electron chi connectivity index (χ4n) is 5.80. The number of amides is 1. The molecule has 41 heavy (non-hydrogen) atoms. The maximum absolute atomic E-state index is 12.3. The number of oxime groups is 1. The quantitative estimate of drug-likeness (QED) is 0.117. The zero-order valence-corrected chi connectivity index (χ0v) is 24.8. The molecule has 14 heteroatoms. The molecule has 2 aliphatic heterocycles. The number of nitrogen functional groups attached to an aromatic ring is 1. The number of carbonyl (C=O) groups is 1. The fourth-order valence-corrected chi connectivity index (χ4v) is 6.22. The Morgan fingerprint density at radius 3 is 2.63 bits per heavy atom. The number of aliphatic hydroxyl groups is 1. The first kappa shape index (κ1) is 31.0.